The molecule has 0 saturated carbocycles. The van der Waals surface area contributed by atoms with Crippen molar-refractivity contribution in [2.24, 2.45) is 0 Å². The first-order valence-electron chi connectivity index (χ1n) is 7.52. The summed E-state index contributed by atoms with van der Waals surface area (Å²) < 4.78 is 39.4. The van der Waals surface area contributed by atoms with Crippen LogP contribution in [0.3, 0.4) is 0 Å². The second-order valence-corrected chi connectivity index (χ2v) is 6.05. The van der Waals surface area contributed by atoms with E-state index in [4.69, 9.17) is 11.6 Å². The molecule has 0 aliphatic rings. The molecular weight excluding hydrogens is 371 g/mol. The number of carbonyl (C=O) groups is 1. The number of nitrogens with zero attached hydrogens (tertiary/aromatic N) is 4. The van der Waals surface area contributed by atoms with E-state index in [1.54, 1.807) is 31.2 Å². The van der Waals surface area contributed by atoms with Crippen LogP contribution >= 0.6 is 11.6 Å². The number of halogens is 4. The van der Waals surface area contributed by atoms with Crippen LogP contribution in [0.15, 0.2) is 30.5 Å². The lowest BCUT2D eigenvalue weighted by Crippen LogP contribution is -2.43. The first-order chi connectivity index (χ1) is 12.2. The van der Waals surface area contributed by atoms with E-state index in [2.05, 4.69) is 15.1 Å². The zero-order valence-electron chi connectivity index (χ0n) is 13.7. The van der Waals surface area contributed by atoms with Crippen LogP contribution in [0.2, 0.25) is 5.15 Å². The van der Waals surface area contributed by atoms with Gasteiger partial charge < -0.3 is 5.32 Å². The average Bonchev–Trinajstić information content (AvgIpc) is 2.98. The van der Waals surface area contributed by atoms with Crippen molar-refractivity contribution in [1.29, 1.82) is 0 Å². The third-order valence-electron chi connectivity index (χ3n) is 3.71. The van der Waals surface area contributed by atoms with Gasteiger partial charge in [0.05, 0.1) is 17.6 Å². The first-order valence-corrected chi connectivity index (χ1v) is 7.90. The molecule has 0 aromatic carbocycles. The van der Waals surface area contributed by atoms with Crippen molar-refractivity contribution in [1.82, 2.24) is 24.9 Å². The molecule has 0 radical (unpaired) electrons. The smallest absolute Gasteiger partial charge is 0.340 e. The van der Waals surface area contributed by atoms with Crippen molar-refractivity contribution in [3.63, 3.8) is 0 Å². The number of alkyl halides is 3. The van der Waals surface area contributed by atoms with E-state index >= 15 is 0 Å². The van der Waals surface area contributed by atoms with Crippen molar-refractivity contribution in [2.45, 2.75) is 26.1 Å². The fourth-order valence-corrected chi connectivity index (χ4v) is 2.48. The Labute approximate surface area is 151 Å². The lowest BCUT2D eigenvalue weighted by molar-refractivity contribution is -0.149. The van der Waals surface area contributed by atoms with Gasteiger partial charge in [-0.1, -0.05) is 17.7 Å². The molecule has 10 heteroatoms. The average molecular weight is 384 g/mol. The summed E-state index contributed by atoms with van der Waals surface area (Å²) in [5.41, 5.74) is 1.60. The first kappa shape index (κ1) is 18.1. The van der Waals surface area contributed by atoms with Crippen LogP contribution in [0, 0.1) is 6.92 Å². The highest BCUT2D eigenvalue weighted by molar-refractivity contribution is 6.29. The second kappa shape index (κ2) is 6.56. The van der Waals surface area contributed by atoms with Crippen LogP contribution in [-0.2, 0) is 0 Å². The van der Waals surface area contributed by atoms with Crippen molar-refractivity contribution < 1.29 is 18.0 Å². The molecule has 0 bridgehead atoms. The van der Waals surface area contributed by atoms with Crippen LogP contribution in [-0.4, -0.2) is 37.7 Å². The van der Waals surface area contributed by atoms with Crippen LogP contribution in [0.4, 0.5) is 13.2 Å². The SMILES string of the molecule is Cc1cc(-c2cccc(Cl)n2)nc2c(C(=O)N[C@H](C)C(F)(F)F)cnn12. The number of nitrogens with one attached hydrogen (secondary N) is 1. The Morgan fingerprint density at radius 2 is 2.00 bits per heavy atom. The summed E-state index contributed by atoms with van der Waals surface area (Å²) in [6.07, 6.45) is -3.36. The number of hydrogen-bond donors (Lipinski definition) is 1. The van der Waals surface area contributed by atoms with Crippen LogP contribution in [0.25, 0.3) is 17.0 Å². The molecule has 0 aliphatic carbocycles. The van der Waals surface area contributed by atoms with Gasteiger partial charge >= 0.3 is 6.18 Å². The maximum absolute atomic E-state index is 12.7. The molecule has 6 nitrogen and oxygen atoms in total. The van der Waals surface area contributed by atoms with Gasteiger partial charge in [0.25, 0.3) is 5.91 Å². The third kappa shape index (κ3) is 3.48. The summed E-state index contributed by atoms with van der Waals surface area (Å²) >= 11 is 5.89. The van der Waals surface area contributed by atoms with Crippen molar-refractivity contribution in [3.8, 4) is 11.4 Å². The maximum atomic E-state index is 12.7. The van der Waals surface area contributed by atoms with Crippen LogP contribution < -0.4 is 5.32 Å². The molecule has 26 heavy (non-hydrogen) atoms. The molecule has 3 heterocycles. The quantitative estimate of drug-likeness (QED) is 0.703. The Morgan fingerprint density at radius 3 is 2.65 bits per heavy atom. The Morgan fingerprint density at radius 1 is 1.27 bits per heavy atom. The van der Waals surface area contributed by atoms with Gasteiger partial charge in [0.15, 0.2) is 5.65 Å². The number of carbonyl (C=O) groups excluding carboxylic acids is 1. The minimum Gasteiger partial charge on any atom is -0.340 e. The molecule has 1 amide bonds. The molecule has 0 unspecified atom stereocenters. The van der Waals surface area contributed by atoms with Gasteiger partial charge in [-0.2, -0.15) is 18.3 Å². The molecule has 0 fully saturated rings. The summed E-state index contributed by atoms with van der Waals surface area (Å²) in [4.78, 5) is 20.7. The van der Waals surface area contributed by atoms with Gasteiger partial charge in [0.2, 0.25) is 0 Å². The molecule has 0 aliphatic heterocycles. The van der Waals surface area contributed by atoms with Gasteiger partial charge in [-0.05, 0) is 32.0 Å². The highest BCUT2D eigenvalue weighted by atomic mass is 35.5. The Hall–Kier alpha value is -2.68. The van der Waals surface area contributed by atoms with Gasteiger partial charge in [-0.25, -0.2) is 14.5 Å². The highest BCUT2D eigenvalue weighted by Crippen LogP contribution is 2.22. The van der Waals surface area contributed by atoms with E-state index in [0.29, 0.717) is 17.1 Å². The molecule has 1 N–H and O–H groups in total. The second-order valence-electron chi connectivity index (χ2n) is 5.66. The summed E-state index contributed by atoms with van der Waals surface area (Å²) in [7, 11) is 0. The number of aromatic nitrogens is 4. The van der Waals surface area contributed by atoms with Crippen molar-refractivity contribution >= 4 is 23.2 Å². The topological polar surface area (TPSA) is 72.2 Å². The minimum atomic E-state index is -4.54. The van der Waals surface area contributed by atoms with E-state index in [-0.39, 0.29) is 16.4 Å². The van der Waals surface area contributed by atoms with Crippen LogP contribution in [0.1, 0.15) is 23.0 Å². The number of pyridine rings is 1. The van der Waals surface area contributed by atoms with Gasteiger partial charge in [-0.3, -0.25) is 4.79 Å². The molecule has 3 rings (SSSR count). The number of fused-ring (bicyclic) bond motifs is 1. The lowest BCUT2D eigenvalue weighted by Gasteiger charge is -2.16. The number of aryl methyl sites for hydroxylation is 1. The summed E-state index contributed by atoms with van der Waals surface area (Å²) in [5, 5.41) is 6.21. The minimum absolute atomic E-state index is 0.0620. The van der Waals surface area contributed by atoms with Crippen molar-refractivity contribution in [2.75, 3.05) is 0 Å². The monoisotopic (exact) mass is 383 g/mol. The normalized spacial score (nSPS) is 13.0. The largest absolute Gasteiger partial charge is 0.408 e. The van der Waals surface area contributed by atoms with Gasteiger partial charge in [0.1, 0.15) is 16.8 Å². The number of rotatable bonds is 3. The summed E-state index contributed by atoms with van der Waals surface area (Å²) in [6.45, 7) is 2.60. The molecule has 1 atom stereocenters. The fraction of sp³-hybridized carbons (Fsp3) is 0.250. The van der Waals surface area contributed by atoms with Gasteiger partial charge in [0, 0.05) is 5.69 Å². The third-order valence-corrected chi connectivity index (χ3v) is 3.92. The van der Waals surface area contributed by atoms with Crippen molar-refractivity contribution in [3.05, 3.63) is 46.9 Å². The highest BCUT2D eigenvalue weighted by Gasteiger charge is 2.37. The molecule has 3 aromatic heterocycles. The van der Waals surface area contributed by atoms with E-state index in [1.807, 2.05) is 5.32 Å². The zero-order chi connectivity index (χ0) is 19.1. The Balaban J connectivity index is 2.04. The molecule has 3 aromatic rings. The lowest BCUT2D eigenvalue weighted by atomic mass is 10.2. The summed E-state index contributed by atoms with van der Waals surface area (Å²) in [5.74, 6) is -0.909. The van der Waals surface area contributed by atoms with E-state index in [9.17, 15) is 18.0 Å². The molecule has 0 saturated heterocycles. The summed E-state index contributed by atoms with van der Waals surface area (Å²) in [6, 6.07) is 4.68. The van der Waals surface area contributed by atoms with E-state index < -0.39 is 18.1 Å². The molecule has 0 spiro atoms. The Kier molecular flexibility index (Phi) is 4.57. The van der Waals surface area contributed by atoms with Crippen LogP contribution in [0.5, 0.6) is 0 Å². The predicted molar refractivity (Wildman–Crippen MR) is 88.9 cm³/mol. The Bertz CT molecular complexity index is 986. The predicted octanol–water partition coefficient (Wildman–Crippen LogP) is 3.43. The number of amides is 1. The number of hydrogen-bond acceptors (Lipinski definition) is 4. The molecular formula is C16H13ClF3N5O. The standard InChI is InChI=1S/C16H13ClF3N5O/c1-8-6-12(11-4-3-5-13(17)23-11)24-14-10(7-21-25(8)14)15(26)22-9(2)16(18,19)20/h3-7,9H,1-2H3,(H,22,26)/t9-/m1/s1. The maximum Gasteiger partial charge on any atom is 0.408 e. The molecule has 136 valence electrons. The zero-order valence-corrected chi connectivity index (χ0v) is 14.4. The van der Waals surface area contributed by atoms with Gasteiger partial charge in [-0.15, -0.1) is 0 Å². The van der Waals surface area contributed by atoms with E-state index in [1.165, 1.54) is 10.7 Å². The fourth-order valence-electron chi connectivity index (χ4n) is 2.31. The van der Waals surface area contributed by atoms with E-state index in [0.717, 1.165) is 6.92 Å².